The molecule has 0 spiro atoms. The molecule has 5 heteroatoms. The molecule has 0 aromatic heterocycles. The van der Waals surface area contributed by atoms with Crippen molar-refractivity contribution in [1.29, 1.82) is 0 Å². The van der Waals surface area contributed by atoms with Gasteiger partial charge in [0.2, 0.25) is 0 Å². The first-order valence-corrected chi connectivity index (χ1v) is 19.7. The summed E-state index contributed by atoms with van der Waals surface area (Å²) in [7, 11) is 0. The fourth-order valence-electron chi connectivity index (χ4n) is 8.37. The van der Waals surface area contributed by atoms with Crippen molar-refractivity contribution in [3.63, 3.8) is 0 Å². The highest BCUT2D eigenvalue weighted by atomic mass is 16.3. The van der Waals surface area contributed by atoms with Crippen LogP contribution in [0.15, 0.2) is 90.7 Å². The predicted octanol–water partition coefficient (Wildman–Crippen LogP) is 10.9. The van der Waals surface area contributed by atoms with Gasteiger partial charge in [0.05, 0.1) is 0 Å². The van der Waals surface area contributed by atoms with Gasteiger partial charge in [-0.3, -0.25) is 0 Å². The van der Waals surface area contributed by atoms with Crippen LogP contribution in [0.1, 0.15) is 116 Å². The summed E-state index contributed by atoms with van der Waals surface area (Å²) in [6.45, 7) is 22.3. The highest BCUT2D eigenvalue weighted by molar-refractivity contribution is 5.87. The Kier molecular flexibility index (Phi) is 12.6. The minimum Gasteiger partial charge on any atom is -0.396 e. The van der Waals surface area contributed by atoms with Gasteiger partial charge in [-0.05, 0) is 109 Å². The predicted molar refractivity (Wildman–Crippen MR) is 223 cm³/mol. The van der Waals surface area contributed by atoms with Crippen molar-refractivity contribution >= 4 is 23.3 Å². The van der Waals surface area contributed by atoms with Crippen LogP contribution < -0.4 is 15.1 Å². The van der Waals surface area contributed by atoms with Crippen LogP contribution in [0.4, 0.5) is 17.1 Å². The average Bonchev–Trinajstić information content (AvgIpc) is 3.48. The molecular formula is C47H63N3O2. The Balaban J connectivity index is 1.40. The van der Waals surface area contributed by atoms with E-state index in [1.807, 2.05) is 0 Å². The van der Waals surface area contributed by atoms with Gasteiger partial charge in [0.25, 0.3) is 0 Å². The number of aldehydes is 1. The number of rotatable bonds is 18. The molecule has 0 unspecified atom stereocenters. The smallest absolute Gasteiger partial charge is 0.119 e. The molecule has 2 aliphatic rings. The number of nitrogens with one attached hydrogen (secondary N) is 1. The van der Waals surface area contributed by atoms with Gasteiger partial charge >= 0.3 is 0 Å². The van der Waals surface area contributed by atoms with Crippen LogP contribution in [0.3, 0.4) is 0 Å². The Labute approximate surface area is 314 Å². The standard InChI is InChI=1S/C47H63N3O2/c1-9-49(10-2)35-25-26-42(48-28-21-31-52)40(32-35)45(3,4)27-18-12-11-15-24-44-47(7,8)41-34-39-37(36-22-16-17-23-38(36)46(39,5)6)33-43(41)50(44)29-19-13-14-20-30-51/h11-12,15-18,22-26,30,32-34,48,52H,9-10,13-14,19-21,27-29,31H2,1-8H3/b15-11+,18-12+,44-24+. The molecule has 0 atom stereocenters. The van der Waals surface area contributed by atoms with Crippen LogP contribution in [0, 0.1) is 0 Å². The van der Waals surface area contributed by atoms with Gasteiger partial charge in [0, 0.05) is 72.8 Å². The van der Waals surface area contributed by atoms with E-state index in [9.17, 15) is 9.90 Å². The lowest BCUT2D eigenvalue weighted by molar-refractivity contribution is -0.107. The first-order valence-electron chi connectivity index (χ1n) is 19.7. The van der Waals surface area contributed by atoms with E-state index in [1.165, 1.54) is 50.5 Å². The zero-order chi connectivity index (χ0) is 37.5. The second kappa shape index (κ2) is 16.7. The molecule has 5 rings (SSSR count). The number of nitrogens with zero attached hydrogens (tertiary/aromatic N) is 2. The van der Waals surface area contributed by atoms with E-state index in [-0.39, 0.29) is 22.9 Å². The molecule has 0 fully saturated rings. The number of fused-ring (bicyclic) bond motifs is 4. The van der Waals surface area contributed by atoms with Gasteiger partial charge in [-0.1, -0.05) is 103 Å². The molecule has 3 aromatic rings. The summed E-state index contributed by atoms with van der Waals surface area (Å²) in [6, 6.07) is 20.6. The summed E-state index contributed by atoms with van der Waals surface area (Å²) >= 11 is 0. The molecule has 2 N–H and O–H groups in total. The van der Waals surface area contributed by atoms with E-state index in [2.05, 4.69) is 155 Å². The number of allylic oxidation sites excluding steroid dienone is 6. The van der Waals surface area contributed by atoms with Crippen LogP contribution in [0.5, 0.6) is 0 Å². The molecule has 0 saturated carbocycles. The fraction of sp³-hybridized carbons (Fsp3) is 0.468. The molecule has 5 nitrogen and oxygen atoms in total. The number of aliphatic hydroxyl groups excluding tert-OH is 1. The second-order valence-corrected chi connectivity index (χ2v) is 16.2. The largest absolute Gasteiger partial charge is 0.396 e. The monoisotopic (exact) mass is 701 g/mol. The van der Waals surface area contributed by atoms with E-state index in [0.29, 0.717) is 6.42 Å². The molecular weight excluding hydrogens is 639 g/mol. The number of aliphatic hydroxyl groups is 1. The number of benzene rings is 3. The first kappa shape index (κ1) is 39.1. The van der Waals surface area contributed by atoms with Crippen LogP contribution >= 0.6 is 0 Å². The van der Waals surface area contributed by atoms with Gasteiger partial charge < -0.3 is 25.0 Å². The van der Waals surface area contributed by atoms with Gasteiger partial charge in [0.15, 0.2) is 0 Å². The SMILES string of the molecule is CCN(CC)c1ccc(NCCCO)c(C(C)(C)C/C=C/C=C/C=C2/N(CCCCCC=O)c3cc4c(cc3C2(C)C)C(C)(C)c2ccccc2-4)c1. The van der Waals surface area contributed by atoms with E-state index in [4.69, 9.17) is 0 Å². The maximum absolute atomic E-state index is 11.0. The summed E-state index contributed by atoms with van der Waals surface area (Å²) < 4.78 is 0. The molecule has 0 saturated heterocycles. The van der Waals surface area contributed by atoms with E-state index < -0.39 is 0 Å². The molecule has 1 heterocycles. The molecule has 1 aliphatic carbocycles. The molecule has 3 aromatic carbocycles. The third kappa shape index (κ3) is 7.95. The van der Waals surface area contributed by atoms with Crippen molar-refractivity contribution in [2.75, 3.05) is 47.9 Å². The number of hydrogen-bond donors (Lipinski definition) is 2. The number of unbranched alkanes of at least 4 members (excludes halogenated alkanes) is 3. The molecule has 278 valence electrons. The maximum atomic E-state index is 11.0. The van der Waals surface area contributed by atoms with Gasteiger partial charge in [-0.2, -0.15) is 0 Å². The summed E-state index contributed by atoms with van der Waals surface area (Å²) in [4.78, 5) is 15.9. The summed E-state index contributed by atoms with van der Waals surface area (Å²) in [5.74, 6) is 0. The Bertz CT molecular complexity index is 1790. The van der Waals surface area contributed by atoms with Crippen molar-refractivity contribution < 1.29 is 9.90 Å². The summed E-state index contributed by atoms with van der Waals surface area (Å²) in [5, 5.41) is 13.0. The lowest BCUT2D eigenvalue weighted by Gasteiger charge is -2.30. The Hall–Kier alpha value is -4.09. The quantitative estimate of drug-likeness (QED) is 0.0785. The van der Waals surface area contributed by atoms with Gasteiger partial charge in [-0.15, -0.1) is 0 Å². The zero-order valence-corrected chi connectivity index (χ0v) is 33.2. The first-order chi connectivity index (χ1) is 24.9. The second-order valence-electron chi connectivity index (χ2n) is 16.2. The highest BCUT2D eigenvalue weighted by Gasteiger charge is 2.44. The van der Waals surface area contributed by atoms with Crippen LogP contribution in [-0.2, 0) is 21.0 Å². The van der Waals surface area contributed by atoms with Crippen molar-refractivity contribution in [2.45, 2.75) is 110 Å². The van der Waals surface area contributed by atoms with E-state index >= 15 is 0 Å². The van der Waals surface area contributed by atoms with Crippen molar-refractivity contribution in [3.8, 4) is 11.1 Å². The fourth-order valence-corrected chi connectivity index (χ4v) is 8.37. The Morgan fingerprint density at radius 3 is 2.33 bits per heavy atom. The number of anilines is 3. The van der Waals surface area contributed by atoms with Crippen molar-refractivity contribution in [2.24, 2.45) is 0 Å². The zero-order valence-electron chi connectivity index (χ0n) is 33.2. The van der Waals surface area contributed by atoms with Crippen molar-refractivity contribution in [3.05, 3.63) is 113 Å². The van der Waals surface area contributed by atoms with Gasteiger partial charge in [-0.25, -0.2) is 0 Å². The Morgan fingerprint density at radius 1 is 0.827 bits per heavy atom. The molecule has 52 heavy (non-hydrogen) atoms. The molecule has 0 bridgehead atoms. The third-order valence-corrected chi connectivity index (χ3v) is 11.6. The number of hydrogen-bond acceptors (Lipinski definition) is 5. The van der Waals surface area contributed by atoms with Crippen LogP contribution in [0.2, 0.25) is 0 Å². The van der Waals surface area contributed by atoms with Crippen LogP contribution in [-0.4, -0.2) is 44.2 Å². The van der Waals surface area contributed by atoms with Crippen LogP contribution in [0.25, 0.3) is 11.1 Å². The number of carbonyl (C=O) groups is 1. The number of carbonyl (C=O) groups excluding carboxylic acids is 1. The van der Waals surface area contributed by atoms with E-state index in [1.54, 1.807) is 0 Å². The summed E-state index contributed by atoms with van der Waals surface area (Å²) in [5.41, 5.74) is 13.0. The van der Waals surface area contributed by atoms with Crippen molar-refractivity contribution in [1.82, 2.24) is 0 Å². The van der Waals surface area contributed by atoms with Gasteiger partial charge in [0.1, 0.15) is 6.29 Å². The lowest BCUT2D eigenvalue weighted by atomic mass is 9.78. The maximum Gasteiger partial charge on any atom is 0.119 e. The average molecular weight is 702 g/mol. The minimum absolute atomic E-state index is 0.0371. The Morgan fingerprint density at radius 2 is 1.60 bits per heavy atom. The normalized spacial score (nSPS) is 16.5. The highest BCUT2D eigenvalue weighted by Crippen LogP contribution is 2.55. The lowest BCUT2D eigenvalue weighted by Crippen LogP contribution is -2.27. The topological polar surface area (TPSA) is 55.8 Å². The molecule has 1 aliphatic heterocycles. The van der Waals surface area contributed by atoms with E-state index in [0.717, 1.165) is 70.3 Å². The molecule has 0 amide bonds. The molecule has 0 radical (unpaired) electrons. The summed E-state index contributed by atoms with van der Waals surface area (Å²) in [6.07, 6.45) is 17.5. The third-order valence-electron chi connectivity index (χ3n) is 11.6. The minimum atomic E-state index is -0.149.